The molecule has 1 aromatic carbocycles. The summed E-state index contributed by atoms with van der Waals surface area (Å²) in [5.74, 6) is -1.16. The molecule has 0 bridgehead atoms. The van der Waals surface area contributed by atoms with E-state index in [0.717, 1.165) is 6.07 Å². The summed E-state index contributed by atoms with van der Waals surface area (Å²) in [5, 5.41) is 8.03. The summed E-state index contributed by atoms with van der Waals surface area (Å²) in [5.41, 5.74) is 0.268. The first-order valence-electron chi connectivity index (χ1n) is 5.66. The lowest BCUT2D eigenvalue weighted by Crippen LogP contribution is -2.42. The van der Waals surface area contributed by atoms with Gasteiger partial charge in [0.2, 0.25) is 0 Å². The maximum Gasteiger partial charge on any atom is 0.128 e. The molecule has 94 valence electrons. The predicted molar refractivity (Wildman–Crippen MR) is 65.3 cm³/mol. The Morgan fingerprint density at radius 2 is 1.41 bits per heavy atom. The van der Waals surface area contributed by atoms with Crippen molar-refractivity contribution in [2.45, 2.75) is 39.8 Å². The number of rotatable bonds is 3. The van der Waals surface area contributed by atoms with Crippen molar-refractivity contribution in [3.8, 4) is 0 Å². The maximum atomic E-state index is 13.1. The fourth-order valence-electron chi connectivity index (χ4n) is 1.95. The Kier molecular flexibility index (Phi) is 4.21. The molecule has 1 aromatic rings. The van der Waals surface area contributed by atoms with Crippen LogP contribution >= 0.6 is 0 Å². The molecule has 0 radical (unpaired) electrons. The molecule has 0 atom stereocenters. The van der Waals surface area contributed by atoms with Crippen molar-refractivity contribution < 1.29 is 8.78 Å². The minimum absolute atomic E-state index is 0.105. The molecule has 0 fully saturated rings. The SMILES string of the molecule is CC(C)N(C(=N)c1cc(F)cc(F)c1)C(C)C. The third-order valence-corrected chi connectivity index (χ3v) is 2.51. The van der Waals surface area contributed by atoms with Gasteiger partial charge in [-0.25, -0.2) is 8.78 Å². The van der Waals surface area contributed by atoms with Gasteiger partial charge in [0.1, 0.15) is 17.5 Å². The van der Waals surface area contributed by atoms with Crippen molar-refractivity contribution in [2.75, 3.05) is 0 Å². The number of hydrogen-bond donors (Lipinski definition) is 1. The number of hydrogen-bond acceptors (Lipinski definition) is 1. The van der Waals surface area contributed by atoms with Crippen LogP contribution in [0.25, 0.3) is 0 Å². The van der Waals surface area contributed by atoms with Gasteiger partial charge in [0, 0.05) is 23.7 Å². The average Bonchev–Trinajstić information content (AvgIpc) is 2.14. The Hall–Kier alpha value is -1.45. The van der Waals surface area contributed by atoms with Gasteiger partial charge in [0.15, 0.2) is 0 Å². The highest BCUT2D eigenvalue weighted by Crippen LogP contribution is 2.14. The second kappa shape index (κ2) is 5.25. The number of nitrogens with zero attached hydrogens (tertiary/aromatic N) is 1. The Morgan fingerprint density at radius 3 is 1.76 bits per heavy atom. The summed E-state index contributed by atoms with van der Waals surface area (Å²) in [4.78, 5) is 1.81. The lowest BCUT2D eigenvalue weighted by atomic mass is 10.1. The van der Waals surface area contributed by atoms with Crippen LogP contribution in [-0.2, 0) is 0 Å². The summed E-state index contributed by atoms with van der Waals surface area (Å²) in [6, 6.07) is 3.39. The van der Waals surface area contributed by atoms with E-state index in [1.165, 1.54) is 12.1 Å². The highest BCUT2D eigenvalue weighted by molar-refractivity contribution is 5.96. The number of amidine groups is 1. The molecule has 0 amide bonds. The van der Waals surface area contributed by atoms with E-state index in [0.29, 0.717) is 0 Å². The monoisotopic (exact) mass is 240 g/mol. The van der Waals surface area contributed by atoms with Gasteiger partial charge < -0.3 is 4.90 Å². The van der Waals surface area contributed by atoms with Crippen LogP contribution in [0.5, 0.6) is 0 Å². The Morgan fingerprint density at radius 1 is 1.00 bits per heavy atom. The van der Waals surface area contributed by atoms with Crippen molar-refractivity contribution in [1.82, 2.24) is 4.90 Å². The standard InChI is InChI=1S/C13H18F2N2/c1-8(2)17(9(3)4)13(16)10-5-11(14)7-12(15)6-10/h5-9,16H,1-4H3. The zero-order valence-corrected chi connectivity index (χ0v) is 10.6. The first-order valence-corrected chi connectivity index (χ1v) is 5.66. The minimum Gasteiger partial charge on any atom is -0.352 e. The highest BCUT2D eigenvalue weighted by Gasteiger charge is 2.19. The Balaban J connectivity index is 3.09. The van der Waals surface area contributed by atoms with Crippen LogP contribution in [0, 0.1) is 17.0 Å². The number of halogens is 2. The number of benzene rings is 1. The van der Waals surface area contributed by atoms with Crippen molar-refractivity contribution in [1.29, 1.82) is 5.41 Å². The zero-order valence-electron chi connectivity index (χ0n) is 10.6. The van der Waals surface area contributed by atoms with Crippen LogP contribution in [0.2, 0.25) is 0 Å². The molecule has 0 aromatic heterocycles. The van der Waals surface area contributed by atoms with E-state index in [9.17, 15) is 8.78 Å². The first-order chi connectivity index (χ1) is 7.82. The van der Waals surface area contributed by atoms with Gasteiger partial charge >= 0.3 is 0 Å². The molecule has 1 rings (SSSR count). The normalized spacial score (nSPS) is 11.1. The van der Waals surface area contributed by atoms with E-state index in [2.05, 4.69) is 0 Å². The Labute approximate surface area is 101 Å². The summed E-state index contributed by atoms with van der Waals surface area (Å²) in [6.07, 6.45) is 0. The van der Waals surface area contributed by atoms with Gasteiger partial charge in [0.25, 0.3) is 0 Å². The van der Waals surface area contributed by atoms with E-state index in [1.54, 1.807) is 0 Å². The molecule has 0 saturated carbocycles. The third kappa shape index (κ3) is 3.25. The fraction of sp³-hybridized carbons (Fsp3) is 0.462. The molecular formula is C13H18F2N2. The van der Waals surface area contributed by atoms with E-state index < -0.39 is 11.6 Å². The average molecular weight is 240 g/mol. The molecule has 4 heteroatoms. The van der Waals surface area contributed by atoms with Crippen LogP contribution in [-0.4, -0.2) is 22.8 Å². The van der Waals surface area contributed by atoms with Crippen molar-refractivity contribution in [3.63, 3.8) is 0 Å². The van der Waals surface area contributed by atoms with Crippen LogP contribution in [0.3, 0.4) is 0 Å². The molecule has 2 nitrogen and oxygen atoms in total. The van der Waals surface area contributed by atoms with Gasteiger partial charge in [-0.1, -0.05) is 0 Å². The van der Waals surface area contributed by atoms with Gasteiger partial charge in [-0.3, -0.25) is 5.41 Å². The quantitative estimate of drug-likeness (QED) is 0.636. The second-order valence-corrected chi connectivity index (χ2v) is 4.60. The zero-order chi connectivity index (χ0) is 13.2. The lowest BCUT2D eigenvalue weighted by molar-refractivity contribution is 0.291. The summed E-state index contributed by atoms with van der Waals surface area (Å²) < 4.78 is 26.2. The summed E-state index contributed by atoms with van der Waals surface area (Å²) in [6.45, 7) is 7.79. The lowest BCUT2D eigenvalue weighted by Gasteiger charge is -2.33. The molecule has 0 aliphatic rings. The first kappa shape index (κ1) is 13.6. The fourth-order valence-corrected chi connectivity index (χ4v) is 1.95. The van der Waals surface area contributed by atoms with Gasteiger partial charge in [-0.15, -0.1) is 0 Å². The molecule has 0 aliphatic carbocycles. The van der Waals surface area contributed by atoms with E-state index in [-0.39, 0.29) is 23.5 Å². The molecule has 1 N–H and O–H groups in total. The van der Waals surface area contributed by atoms with Gasteiger partial charge in [-0.05, 0) is 39.8 Å². The van der Waals surface area contributed by atoms with Gasteiger partial charge in [-0.2, -0.15) is 0 Å². The smallest absolute Gasteiger partial charge is 0.128 e. The largest absolute Gasteiger partial charge is 0.352 e. The van der Waals surface area contributed by atoms with Gasteiger partial charge in [0.05, 0.1) is 0 Å². The minimum atomic E-state index is -0.655. The van der Waals surface area contributed by atoms with Crippen LogP contribution in [0.4, 0.5) is 8.78 Å². The van der Waals surface area contributed by atoms with E-state index in [4.69, 9.17) is 5.41 Å². The molecule has 0 aliphatic heterocycles. The molecule has 0 heterocycles. The van der Waals surface area contributed by atoms with E-state index in [1.807, 2.05) is 32.6 Å². The van der Waals surface area contributed by atoms with Crippen LogP contribution in [0.15, 0.2) is 18.2 Å². The topological polar surface area (TPSA) is 27.1 Å². The maximum absolute atomic E-state index is 13.1. The van der Waals surface area contributed by atoms with Crippen LogP contribution < -0.4 is 0 Å². The molecule has 0 spiro atoms. The van der Waals surface area contributed by atoms with E-state index >= 15 is 0 Å². The Bertz CT molecular complexity index is 386. The van der Waals surface area contributed by atoms with Crippen LogP contribution in [0.1, 0.15) is 33.3 Å². The van der Waals surface area contributed by atoms with Crippen molar-refractivity contribution in [2.24, 2.45) is 0 Å². The van der Waals surface area contributed by atoms with Crippen molar-refractivity contribution >= 4 is 5.84 Å². The molecule has 0 saturated heterocycles. The third-order valence-electron chi connectivity index (χ3n) is 2.51. The number of nitrogens with one attached hydrogen (secondary N) is 1. The second-order valence-electron chi connectivity index (χ2n) is 4.60. The summed E-state index contributed by atoms with van der Waals surface area (Å²) >= 11 is 0. The molecule has 17 heavy (non-hydrogen) atoms. The predicted octanol–water partition coefficient (Wildman–Crippen LogP) is 3.41. The highest BCUT2D eigenvalue weighted by atomic mass is 19.1. The summed E-state index contributed by atoms with van der Waals surface area (Å²) in [7, 11) is 0. The van der Waals surface area contributed by atoms with Crippen molar-refractivity contribution in [3.05, 3.63) is 35.4 Å². The molecular weight excluding hydrogens is 222 g/mol. The molecule has 0 unspecified atom stereocenters.